The number of amides is 1. The lowest BCUT2D eigenvalue weighted by atomic mass is 10.1. The van der Waals surface area contributed by atoms with E-state index in [1.165, 1.54) is 30.5 Å². The van der Waals surface area contributed by atoms with E-state index < -0.39 is 27.7 Å². The number of aromatic nitrogens is 3. The van der Waals surface area contributed by atoms with Crippen LogP contribution < -0.4 is 0 Å². The molecule has 28 heavy (non-hydrogen) atoms. The van der Waals surface area contributed by atoms with Gasteiger partial charge in [-0.05, 0) is 29.8 Å². The number of alkyl halides is 3. The van der Waals surface area contributed by atoms with Crippen molar-refractivity contribution < 1.29 is 26.7 Å². The molecule has 2 heterocycles. The van der Waals surface area contributed by atoms with E-state index in [4.69, 9.17) is 0 Å². The number of rotatable bonds is 4. The maximum atomic E-state index is 12.6. The Morgan fingerprint density at radius 1 is 1.14 bits per heavy atom. The quantitative estimate of drug-likeness (QED) is 0.652. The summed E-state index contributed by atoms with van der Waals surface area (Å²) < 4.78 is 58.1. The molecule has 1 atom stereocenters. The van der Waals surface area contributed by atoms with Crippen LogP contribution in [0.4, 0.5) is 13.2 Å². The van der Waals surface area contributed by atoms with Gasteiger partial charge in [0, 0.05) is 29.8 Å². The molecule has 2 aromatic heterocycles. The first-order valence-electron chi connectivity index (χ1n) is 7.78. The van der Waals surface area contributed by atoms with Crippen molar-refractivity contribution in [1.29, 1.82) is 0 Å². The highest BCUT2D eigenvalue weighted by atomic mass is 32.2. The summed E-state index contributed by atoms with van der Waals surface area (Å²) in [6, 6.07) is 8.75. The van der Waals surface area contributed by atoms with Crippen LogP contribution in [0.5, 0.6) is 0 Å². The highest BCUT2D eigenvalue weighted by Crippen LogP contribution is 2.29. The molecule has 0 fully saturated rings. The summed E-state index contributed by atoms with van der Waals surface area (Å²) in [4.78, 5) is 19.4. The third-order valence-corrected chi connectivity index (χ3v) is 4.94. The molecule has 1 amide bonds. The molecule has 0 radical (unpaired) electrons. The summed E-state index contributed by atoms with van der Waals surface area (Å²) >= 11 is 0. The van der Waals surface area contributed by atoms with Gasteiger partial charge in [0.15, 0.2) is 0 Å². The van der Waals surface area contributed by atoms with E-state index in [0.717, 1.165) is 5.56 Å². The standard InChI is InChI=1S/C17H13F3N4O3S/c1-28(26,10-11-6-8-21-9-7-11)24-15(25)13-4-2-12(3-5-13)14-22-16(27-23-14)17(18,19)20/h2-9H,10H2,1H3. The van der Waals surface area contributed by atoms with Gasteiger partial charge < -0.3 is 4.52 Å². The van der Waals surface area contributed by atoms with Gasteiger partial charge in [0.05, 0.1) is 15.5 Å². The number of hydrogen-bond acceptors (Lipinski definition) is 6. The smallest absolute Gasteiger partial charge is 0.329 e. The average Bonchev–Trinajstić information content (AvgIpc) is 3.12. The zero-order chi connectivity index (χ0) is 20.4. The first kappa shape index (κ1) is 19.7. The minimum atomic E-state index is -4.74. The summed E-state index contributed by atoms with van der Waals surface area (Å²) in [7, 11) is -2.82. The third-order valence-electron chi connectivity index (χ3n) is 3.52. The van der Waals surface area contributed by atoms with Crippen molar-refractivity contribution in [2.24, 2.45) is 4.36 Å². The maximum Gasteiger partial charge on any atom is 0.471 e. The fraction of sp³-hybridized carbons (Fsp3) is 0.176. The lowest BCUT2D eigenvalue weighted by Crippen LogP contribution is -2.06. The molecule has 0 saturated heterocycles. The van der Waals surface area contributed by atoms with Crippen molar-refractivity contribution in [3.8, 4) is 11.4 Å². The summed E-state index contributed by atoms with van der Waals surface area (Å²) in [5, 5.41) is 3.27. The highest BCUT2D eigenvalue weighted by Gasteiger charge is 2.38. The molecular weight excluding hydrogens is 397 g/mol. The van der Waals surface area contributed by atoms with Crippen LogP contribution in [-0.2, 0) is 21.7 Å². The Balaban J connectivity index is 1.78. The van der Waals surface area contributed by atoms with E-state index >= 15 is 0 Å². The highest BCUT2D eigenvalue weighted by molar-refractivity contribution is 7.92. The zero-order valence-electron chi connectivity index (χ0n) is 14.4. The second kappa shape index (κ2) is 7.50. The van der Waals surface area contributed by atoms with Gasteiger partial charge in [-0.2, -0.15) is 22.5 Å². The van der Waals surface area contributed by atoms with Gasteiger partial charge >= 0.3 is 12.1 Å². The van der Waals surface area contributed by atoms with E-state index in [-0.39, 0.29) is 22.7 Å². The second-order valence-corrected chi connectivity index (χ2v) is 8.24. The molecule has 0 N–H and O–H groups in total. The van der Waals surface area contributed by atoms with Crippen LogP contribution >= 0.6 is 0 Å². The van der Waals surface area contributed by atoms with Crippen LogP contribution in [0.1, 0.15) is 21.8 Å². The fourth-order valence-corrected chi connectivity index (χ4v) is 3.60. The Labute approximate surface area is 157 Å². The first-order valence-corrected chi connectivity index (χ1v) is 9.88. The molecule has 0 aliphatic rings. The second-order valence-electron chi connectivity index (χ2n) is 5.85. The van der Waals surface area contributed by atoms with Crippen LogP contribution in [0.15, 0.2) is 57.7 Å². The number of hydrogen-bond donors (Lipinski definition) is 0. The van der Waals surface area contributed by atoms with E-state index in [0.29, 0.717) is 0 Å². The van der Waals surface area contributed by atoms with Gasteiger partial charge in [-0.3, -0.25) is 9.78 Å². The molecule has 1 unspecified atom stereocenters. The molecule has 11 heteroatoms. The molecule has 7 nitrogen and oxygen atoms in total. The maximum absolute atomic E-state index is 12.6. The lowest BCUT2D eigenvalue weighted by molar-refractivity contribution is -0.159. The Kier molecular flexibility index (Phi) is 5.27. The number of pyridine rings is 1. The normalized spacial score (nSPS) is 13.7. The Hall–Kier alpha value is -3.08. The number of carbonyl (C=O) groups excluding carboxylic acids is 1. The summed E-state index contributed by atoms with van der Waals surface area (Å²) in [5.41, 5.74) is 1.09. The minimum Gasteiger partial charge on any atom is -0.329 e. The zero-order valence-corrected chi connectivity index (χ0v) is 15.2. The van der Waals surface area contributed by atoms with Crippen molar-refractivity contribution in [1.82, 2.24) is 15.1 Å². The molecule has 3 rings (SSSR count). The van der Waals surface area contributed by atoms with Gasteiger partial charge in [0.1, 0.15) is 0 Å². The van der Waals surface area contributed by atoms with Crippen LogP contribution in [-0.4, -0.2) is 31.5 Å². The van der Waals surface area contributed by atoms with Crippen molar-refractivity contribution in [2.75, 3.05) is 6.26 Å². The average molecular weight is 410 g/mol. The number of carbonyl (C=O) groups is 1. The molecule has 1 aromatic carbocycles. The Bertz CT molecular complexity index is 1100. The number of benzene rings is 1. The predicted molar refractivity (Wildman–Crippen MR) is 93.5 cm³/mol. The topological polar surface area (TPSA) is 98.3 Å². The number of halogens is 3. The molecule has 0 saturated carbocycles. The Morgan fingerprint density at radius 2 is 1.79 bits per heavy atom. The third kappa shape index (κ3) is 4.80. The van der Waals surface area contributed by atoms with Crippen LogP contribution in [0, 0.1) is 0 Å². The van der Waals surface area contributed by atoms with Gasteiger partial charge in [-0.25, -0.2) is 4.21 Å². The van der Waals surface area contributed by atoms with E-state index in [1.807, 2.05) is 0 Å². The van der Waals surface area contributed by atoms with E-state index in [1.54, 1.807) is 24.5 Å². The van der Waals surface area contributed by atoms with Crippen molar-refractivity contribution in [3.63, 3.8) is 0 Å². The predicted octanol–water partition coefficient (Wildman–Crippen LogP) is 3.59. The molecule has 0 bridgehead atoms. The molecule has 0 aliphatic carbocycles. The Morgan fingerprint density at radius 3 is 2.36 bits per heavy atom. The first-order chi connectivity index (χ1) is 13.1. The van der Waals surface area contributed by atoms with Crippen LogP contribution in [0.25, 0.3) is 11.4 Å². The molecule has 0 spiro atoms. The van der Waals surface area contributed by atoms with Gasteiger partial charge in [0.2, 0.25) is 5.82 Å². The van der Waals surface area contributed by atoms with Gasteiger partial charge in [0.25, 0.3) is 5.91 Å². The van der Waals surface area contributed by atoms with E-state index in [2.05, 4.69) is 24.0 Å². The van der Waals surface area contributed by atoms with Gasteiger partial charge in [-0.1, -0.05) is 17.3 Å². The molecule has 146 valence electrons. The van der Waals surface area contributed by atoms with Crippen molar-refractivity contribution in [2.45, 2.75) is 11.9 Å². The monoisotopic (exact) mass is 410 g/mol. The van der Waals surface area contributed by atoms with Gasteiger partial charge in [-0.15, -0.1) is 0 Å². The molecular formula is C17H13F3N4O3S. The SMILES string of the molecule is CS(=O)(Cc1ccncc1)=NC(=O)c1ccc(-c2noc(C(F)(F)F)n2)cc1. The molecule has 3 aromatic rings. The van der Waals surface area contributed by atoms with Crippen LogP contribution in [0.2, 0.25) is 0 Å². The van der Waals surface area contributed by atoms with Crippen molar-refractivity contribution in [3.05, 3.63) is 65.8 Å². The molecule has 0 aliphatic heterocycles. The largest absolute Gasteiger partial charge is 0.471 e. The number of nitrogens with zero attached hydrogens (tertiary/aromatic N) is 4. The van der Waals surface area contributed by atoms with Crippen molar-refractivity contribution >= 4 is 15.6 Å². The van der Waals surface area contributed by atoms with E-state index in [9.17, 15) is 22.2 Å². The lowest BCUT2D eigenvalue weighted by Gasteiger charge is -2.04. The summed E-state index contributed by atoms with van der Waals surface area (Å²) in [5.74, 6) is -2.33. The fourth-order valence-electron chi connectivity index (χ4n) is 2.27. The summed E-state index contributed by atoms with van der Waals surface area (Å²) in [6.07, 6.45) is -0.269. The summed E-state index contributed by atoms with van der Waals surface area (Å²) in [6.45, 7) is 0. The van der Waals surface area contributed by atoms with Crippen LogP contribution in [0.3, 0.4) is 0 Å². The minimum absolute atomic E-state index is 0.0857.